The van der Waals surface area contributed by atoms with Crippen LogP contribution in [-0.4, -0.2) is 54.3 Å². The number of rotatable bonds is 4. The molecule has 9 heteroatoms. The molecule has 0 aromatic heterocycles. The summed E-state index contributed by atoms with van der Waals surface area (Å²) in [5.41, 5.74) is 0. The van der Waals surface area contributed by atoms with E-state index in [-0.39, 0.29) is 23.7 Å². The standard InChI is InChI=1S/C15H21N3O6/c1-8(12(20)17-15(23)16-2)24-11(19)7-18-13(21)9-5-3-4-6-10(9)14(18)22/h8-10H,3-7H2,1-2H3,(H2,16,17,20,23)/t8-,9-,10-/m0/s1. The highest BCUT2D eigenvalue weighted by molar-refractivity contribution is 6.07. The van der Waals surface area contributed by atoms with E-state index >= 15 is 0 Å². The lowest BCUT2D eigenvalue weighted by Gasteiger charge is -2.19. The number of imide groups is 2. The van der Waals surface area contributed by atoms with Crippen LogP contribution in [0.5, 0.6) is 0 Å². The first-order valence-electron chi connectivity index (χ1n) is 7.92. The number of nitrogens with zero attached hydrogens (tertiary/aromatic N) is 1. The van der Waals surface area contributed by atoms with Gasteiger partial charge in [-0.3, -0.25) is 29.4 Å². The predicted octanol–water partition coefficient (Wildman–Crippen LogP) is -0.451. The molecule has 2 fully saturated rings. The van der Waals surface area contributed by atoms with E-state index < -0.39 is 30.6 Å². The van der Waals surface area contributed by atoms with Crippen molar-refractivity contribution in [1.29, 1.82) is 0 Å². The molecule has 0 bridgehead atoms. The SMILES string of the molecule is CNC(=O)NC(=O)[C@H](C)OC(=O)CN1C(=O)[C@H]2CCCC[C@@H]2C1=O. The van der Waals surface area contributed by atoms with Gasteiger partial charge in [0.25, 0.3) is 5.91 Å². The Morgan fingerprint density at radius 3 is 2.21 bits per heavy atom. The third kappa shape index (κ3) is 3.72. The molecule has 0 aromatic rings. The quantitative estimate of drug-likeness (QED) is 0.528. The number of likely N-dealkylation sites (tertiary alicyclic amines) is 1. The summed E-state index contributed by atoms with van der Waals surface area (Å²) in [4.78, 5) is 60.0. The van der Waals surface area contributed by atoms with E-state index in [9.17, 15) is 24.0 Å². The van der Waals surface area contributed by atoms with Crippen LogP contribution in [0.3, 0.4) is 0 Å². The molecule has 2 N–H and O–H groups in total. The topological polar surface area (TPSA) is 122 Å². The fourth-order valence-corrected chi connectivity index (χ4v) is 3.08. The summed E-state index contributed by atoms with van der Waals surface area (Å²) >= 11 is 0. The highest BCUT2D eigenvalue weighted by Gasteiger charge is 2.48. The van der Waals surface area contributed by atoms with Crippen molar-refractivity contribution in [2.75, 3.05) is 13.6 Å². The van der Waals surface area contributed by atoms with Crippen LogP contribution in [0.25, 0.3) is 0 Å². The monoisotopic (exact) mass is 339 g/mol. The van der Waals surface area contributed by atoms with Gasteiger partial charge in [-0.25, -0.2) is 4.79 Å². The molecule has 1 aliphatic carbocycles. The summed E-state index contributed by atoms with van der Waals surface area (Å²) in [6.07, 6.45) is 1.90. The van der Waals surface area contributed by atoms with Crippen LogP contribution >= 0.6 is 0 Å². The first-order valence-corrected chi connectivity index (χ1v) is 7.92. The third-order valence-electron chi connectivity index (χ3n) is 4.36. The average molecular weight is 339 g/mol. The van der Waals surface area contributed by atoms with Gasteiger partial charge in [-0.1, -0.05) is 12.8 Å². The van der Waals surface area contributed by atoms with E-state index in [1.54, 1.807) is 0 Å². The number of ether oxygens (including phenoxy) is 1. The molecule has 0 unspecified atom stereocenters. The third-order valence-corrected chi connectivity index (χ3v) is 4.36. The van der Waals surface area contributed by atoms with Crippen LogP contribution in [0.1, 0.15) is 32.6 Å². The Labute approximate surface area is 139 Å². The lowest BCUT2D eigenvalue weighted by molar-refractivity contribution is -0.159. The number of hydrogen-bond acceptors (Lipinski definition) is 6. The maximum Gasteiger partial charge on any atom is 0.326 e. The minimum atomic E-state index is -1.22. The molecule has 1 aliphatic heterocycles. The maximum atomic E-state index is 12.3. The van der Waals surface area contributed by atoms with Crippen LogP contribution in [0.2, 0.25) is 0 Å². The van der Waals surface area contributed by atoms with Crippen molar-refractivity contribution < 1.29 is 28.7 Å². The van der Waals surface area contributed by atoms with E-state index in [2.05, 4.69) is 5.32 Å². The number of carbonyl (C=O) groups excluding carboxylic acids is 5. The molecule has 24 heavy (non-hydrogen) atoms. The van der Waals surface area contributed by atoms with Gasteiger partial charge in [-0.2, -0.15) is 0 Å². The van der Waals surface area contributed by atoms with Crippen molar-refractivity contribution >= 4 is 29.7 Å². The Hall–Kier alpha value is -2.45. The number of fused-ring (bicyclic) bond motifs is 1. The Morgan fingerprint density at radius 2 is 1.71 bits per heavy atom. The first-order chi connectivity index (χ1) is 11.3. The highest BCUT2D eigenvalue weighted by Crippen LogP contribution is 2.37. The van der Waals surface area contributed by atoms with Gasteiger partial charge in [-0.05, 0) is 19.8 Å². The number of amides is 5. The van der Waals surface area contributed by atoms with Crippen LogP contribution in [-0.2, 0) is 23.9 Å². The van der Waals surface area contributed by atoms with E-state index in [1.807, 2.05) is 5.32 Å². The summed E-state index contributed by atoms with van der Waals surface area (Å²) in [6.45, 7) is 0.784. The van der Waals surface area contributed by atoms with E-state index in [0.717, 1.165) is 17.7 Å². The number of urea groups is 1. The van der Waals surface area contributed by atoms with Gasteiger partial charge in [-0.15, -0.1) is 0 Å². The second-order valence-corrected chi connectivity index (χ2v) is 5.96. The number of esters is 1. The first kappa shape index (κ1) is 17.9. The lowest BCUT2D eigenvalue weighted by Crippen LogP contribution is -2.45. The van der Waals surface area contributed by atoms with Gasteiger partial charge in [0.2, 0.25) is 11.8 Å². The largest absolute Gasteiger partial charge is 0.451 e. The predicted molar refractivity (Wildman–Crippen MR) is 80.3 cm³/mol. The van der Waals surface area contributed by atoms with Crippen LogP contribution in [0.4, 0.5) is 4.79 Å². The fraction of sp³-hybridized carbons (Fsp3) is 0.667. The molecular weight excluding hydrogens is 318 g/mol. The van der Waals surface area contributed by atoms with Crippen molar-refractivity contribution in [1.82, 2.24) is 15.5 Å². The Morgan fingerprint density at radius 1 is 1.17 bits per heavy atom. The van der Waals surface area contributed by atoms with Crippen LogP contribution < -0.4 is 10.6 Å². The van der Waals surface area contributed by atoms with Crippen LogP contribution in [0, 0.1) is 11.8 Å². The number of hydrogen-bond donors (Lipinski definition) is 2. The Bertz CT molecular complexity index is 552. The van der Waals surface area contributed by atoms with Gasteiger partial charge in [0.05, 0.1) is 11.8 Å². The second-order valence-electron chi connectivity index (χ2n) is 5.96. The summed E-state index contributed by atoms with van der Waals surface area (Å²) in [7, 11) is 1.34. The van der Waals surface area contributed by atoms with Gasteiger partial charge < -0.3 is 10.1 Å². The van der Waals surface area contributed by atoms with Crippen molar-refractivity contribution in [2.45, 2.75) is 38.7 Å². The zero-order chi connectivity index (χ0) is 17.9. The van der Waals surface area contributed by atoms with E-state index in [0.29, 0.717) is 12.8 Å². The lowest BCUT2D eigenvalue weighted by atomic mass is 9.81. The molecule has 1 saturated carbocycles. The summed E-state index contributed by atoms with van der Waals surface area (Å²) < 4.78 is 4.89. The molecule has 0 radical (unpaired) electrons. The molecule has 132 valence electrons. The van der Waals surface area contributed by atoms with Crippen molar-refractivity contribution in [3.8, 4) is 0 Å². The van der Waals surface area contributed by atoms with Gasteiger partial charge in [0.15, 0.2) is 6.10 Å². The summed E-state index contributed by atoms with van der Waals surface area (Å²) in [6, 6.07) is -0.725. The molecule has 2 rings (SSSR count). The number of nitrogens with one attached hydrogen (secondary N) is 2. The molecule has 2 aliphatic rings. The normalized spacial score (nSPS) is 24.2. The van der Waals surface area contributed by atoms with E-state index in [1.165, 1.54) is 14.0 Å². The maximum absolute atomic E-state index is 12.3. The second kappa shape index (κ2) is 7.41. The van der Waals surface area contributed by atoms with Gasteiger partial charge in [0.1, 0.15) is 6.54 Å². The van der Waals surface area contributed by atoms with Crippen molar-refractivity contribution in [3.05, 3.63) is 0 Å². The zero-order valence-corrected chi connectivity index (χ0v) is 13.7. The molecule has 5 amide bonds. The number of carbonyl (C=O) groups is 5. The fourth-order valence-electron chi connectivity index (χ4n) is 3.08. The zero-order valence-electron chi connectivity index (χ0n) is 13.7. The summed E-state index contributed by atoms with van der Waals surface area (Å²) in [5.74, 6) is -3.03. The molecule has 3 atom stereocenters. The minimum absolute atomic E-state index is 0.340. The molecule has 1 heterocycles. The highest BCUT2D eigenvalue weighted by atomic mass is 16.5. The smallest absolute Gasteiger partial charge is 0.326 e. The Balaban J connectivity index is 1.90. The average Bonchev–Trinajstić information content (AvgIpc) is 2.80. The Kier molecular flexibility index (Phi) is 5.53. The molecular formula is C15H21N3O6. The molecule has 0 spiro atoms. The van der Waals surface area contributed by atoms with Gasteiger partial charge >= 0.3 is 12.0 Å². The minimum Gasteiger partial charge on any atom is -0.451 e. The molecule has 9 nitrogen and oxygen atoms in total. The van der Waals surface area contributed by atoms with Crippen LogP contribution in [0.15, 0.2) is 0 Å². The van der Waals surface area contributed by atoms with Crippen molar-refractivity contribution in [2.24, 2.45) is 11.8 Å². The molecule has 1 saturated heterocycles. The van der Waals surface area contributed by atoms with Gasteiger partial charge in [0, 0.05) is 7.05 Å². The molecule has 0 aromatic carbocycles. The summed E-state index contributed by atoms with van der Waals surface area (Å²) in [5, 5.41) is 4.17. The van der Waals surface area contributed by atoms with Crippen molar-refractivity contribution in [3.63, 3.8) is 0 Å². The van der Waals surface area contributed by atoms with E-state index in [4.69, 9.17) is 4.74 Å².